The zero-order chi connectivity index (χ0) is 22.2. The fraction of sp³-hybridized carbons (Fsp3) is 0.407. The zero-order valence-electron chi connectivity index (χ0n) is 18.8. The van der Waals surface area contributed by atoms with Crippen molar-refractivity contribution in [2.24, 2.45) is 0 Å². The molecule has 3 aromatic carbocycles. The summed E-state index contributed by atoms with van der Waals surface area (Å²) >= 11 is 0. The zero-order valence-corrected chi connectivity index (χ0v) is 18.8. The highest BCUT2D eigenvalue weighted by atomic mass is 16.6. The molecule has 3 aliphatic rings. The number of ether oxygens (including phenoxy) is 6. The minimum absolute atomic E-state index is 0.132. The van der Waals surface area contributed by atoms with Gasteiger partial charge in [0.1, 0.15) is 43.9 Å². The Morgan fingerprint density at radius 3 is 1.70 bits per heavy atom. The van der Waals surface area contributed by atoms with Gasteiger partial charge in [-0.25, -0.2) is 0 Å². The van der Waals surface area contributed by atoms with Crippen molar-refractivity contribution in [1.82, 2.24) is 0 Å². The molecule has 3 saturated heterocycles. The average Bonchev–Trinajstić information content (AvgIpc) is 3.69. The number of benzene rings is 3. The molecular formula is C27H28O6. The van der Waals surface area contributed by atoms with Crippen LogP contribution in [0.25, 0.3) is 10.8 Å². The molecular weight excluding hydrogens is 420 g/mol. The van der Waals surface area contributed by atoms with Gasteiger partial charge in [0.15, 0.2) is 11.5 Å². The van der Waals surface area contributed by atoms with Gasteiger partial charge < -0.3 is 28.4 Å². The molecule has 172 valence electrons. The summed E-state index contributed by atoms with van der Waals surface area (Å²) < 4.78 is 35.4. The van der Waals surface area contributed by atoms with Gasteiger partial charge in [-0.15, -0.1) is 0 Å². The lowest BCUT2D eigenvalue weighted by Crippen LogP contribution is -2.13. The van der Waals surface area contributed by atoms with E-state index in [0.29, 0.717) is 26.2 Å². The summed E-state index contributed by atoms with van der Waals surface area (Å²) in [6.45, 7) is 5.82. The van der Waals surface area contributed by atoms with Crippen LogP contribution in [0.2, 0.25) is 0 Å². The quantitative estimate of drug-likeness (QED) is 0.412. The van der Waals surface area contributed by atoms with Gasteiger partial charge in [0.25, 0.3) is 0 Å². The van der Waals surface area contributed by atoms with Crippen LogP contribution in [0.4, 0.5) is 0 Å². The molecule has 0 aromatic heterocycles. The van der Waals surface area contributed by atoms with Crippen LogP contribution in [-0.4, -0.2) is 58.0 Å². The summed E-state index contributed by atoms with van der Waals surface area (Å²) in [5.41, 5.74) is 3.41. The lowest BCUT2D eigenvalue weighted by molar-refractivity contribution is 0.225. The van der Waals surface area contributed by atoms with Crippen molar-refractivity contribution in [3.63, 3.8) is 0 Å². The Bertz CT molecular complexity index is 1130. The summed E-state index contributed by atoms with van der Waals surface area (Å²) in [7, 11) is 0. The minimum Gasteiger partial charge on any atom is -0.490 e. The summed E-state index contributed by atoms with van der Waals surface area (Å²) in [5.74, 6) is 2.32. The van der Waals surface area contributed by atoms with E-state index in [0.717, 1.165) is 53.4 Å². The molecule has 3 unspecified atom stereocenters. The van der Waals surface area contributed by atoms with Gasteiger partial charge in [0, 0.05) is 22.8 Å². The molecule has 0 amide bonds. The van der Waals surface area contributed by atoms with E-state index >= 15 is 0 Å². The molecule has 33 heavy (non-hydrogen) atoms. The van der Waals surface area contributed by atoms with Crippen LogP contribution in [0.1, 0.15) is 16.7 Å². The molecule has 3 aromatic rings. The van der Waals surface area contributed by atoms with E-state index in [9.17, 15) is 0 Å². The maximum atomic E-state index is 6.41. The Morgan fingerprint density at radius 1 is 0.667 bits per heavy atom. The topological polar surface area (TPSA) is 65.3 Å². The second-order valence-electron chi connectivity index (χ2n) is 8.97. The van der Waals surface area contributed by atoms with Crippen LogP contribution in [-0.2, 0) is 20.6 Å². The Morgan fingerprint density at radius 2 is 1.15 bits per heavy atom. The van der Waals surface area contributed by atoms with Crippen molar-refractivity contribution in [2.45, 2.75) is 31.7 Å². The van der Waals surface area contributed by atoms with Crippen molar-refractivity contribution in [2.75, 3.05) is 39.6 Å². The second kappa shape index (κ2) is 8.86. The third-order valence-corrected chi connectivity index (χ3v) is 6.12. The van der Waals surface area contributed by atoms with E-state index in [2.05, 4.69) is 43.3 Å². The number of hydrogen-bond donors (Lipinski definition) is 0. The maximum absolute atomic E-state index is 6.41. The van der Waals surface area contributed by atoms with E-state index in [1.165, 1.54) is 11.1 Å². The van der Waals surface area contributed by atoms with Crippen LogP contribution in [0.15, 0.2) is 48.5 Å². The standard InChI is InChI=1S/C27H28O6/c1-17-6-8-18(9-7-17)10-24-25(31-14-19-11-28-19)22-4-2-3-5-23(22)26(32-15-20-12-29-20)27(24)33-16-21-13-30-21/h2-9,19-21H,10-16H2,1H3. The first kappa shape index (κ1) is 20.8. The smallest absolute Gasteiger partial charge is 0.169 e. The van der Waals surface area contributed by atoms with E-state index in [1.807, 2.05) is 12.1 Å². The van der Waals surface area contributed by atoms with E-state index in [4.69, 9.17) is 28.4 Å². The van der Waals surface area contributed by atoms with Crippen LogP contribution in [0, 0.1) is 6.92 Å². The average molecular weight is 449 g/mol. The molecule has 0 spiro atoms. The predicted octanol–water partition coefficient (Wildman–Crippen LogP) is 4.07. The van der Waals surface area contributed by atoms with Crippen molar-refractivity contribution >= 4 is 10.8 Å². The van der Waals surface area contributed by atoms with Gasteiger partial charge in [0.05, 0.1) is 19.8 Å². The fourth-order valence-electron chi connectivity index (χ4n) is 3.96. The first-order chi connectivity index (χ1) is 16.2. The van der Waals surface area contributed by atoms with Crippen LogP contribution < -0.4 is 14.2 Å². The van der Waals surface area contributed by atoms with Crippen LogP contribution in [0.3, 0.4) is 0 Å². The minimum atomic E-state index is 0.132. The second-order valence-corrected chi connectivity index (χ2v) is 8.97. The largest absolute Gasteiger partial charge is 0.490 e. The SMILES string of the molecule is Cc1ccc(Cc2c(OCC3CO3)c(OCC3CO3)c3ccccc3c2OCC2CO2)cc1. The van der Waals surface area contributed by atoms with Gasteiger partial charge >= 0.3 is 0 Å². The Kier molecular flexibility index (Phi) is 5.58. The summed E-state index contributed by atoms with van der Waals surface area (Å²) in [6.07, 6.45) is 1.10. The van der Waals surface area contributed by atoms with Gasteiger partial charge in [-0.2, -0.15) is 0 Å². The molecule has 6 nitrogen and oxygen atoms in total. The predicted molar refractivity (Wildman–Crippen MR) is 124 cm³/mol. The Labute approximate surface area is 193 Å². The molecule has 0 N–H and O–H groups in total. The molecule has 3 aliphatic heterocycles. The van der Waals surface area contributed by atoms with Gasteiger partial charge in [-0.1, -0.05) is 54.1 Å². The molecule has 0 bridgehead atoms. The van der Waals surface area contributed by atoms with Crippen molar-refractivity contribution in [3.05, 3.63) is 65.2 Å². The first-order valence-electron chi connectivity index (χ1n) is 11.6. The van der Waals surface area contributed by atoms with E-state index in [1.54, 1.807) is 0 Å². The van der Waals surface area contributed by atoms with Crippen LogP contribution in [0.5, 0.6) is 17.2 Å². The Balaban J connectivity index is 1.47. The van der Waals surface area contributed by atoms with Gasteiger partial charge in [0.2, 0.25) is 0 Å². The van der Waals surface area contributed by atoms with Crippen molar-refractivity contribution in [3.8, 4) is 17.2 Å². The maximum Gasteiger partial charge on any atom is 0.169 e. The number of epoxide rings is 3. The molecule has 0 aliphatic carbocycles. The van der Waals surface area contributed by atoms with Gasteiger partial charge in [-0.05, 0) is 12.5 Å². The number of rotatable bonds is 11. The summed E-state index contributed by atoms with van der Waals surface area (Å²) in [5, 5.41) is 1.99. The lowest BCUT2D eigenvalue weighted by Gasteiger charge is -2.22. The molecule has 6 heteroatoms. The monoisotopic (exact) mass is 448 g/mol. The third kappa shape index (κ3) is 4.93. The summed E-state index contributed by atoms with van der Waals surface area (Å²) in [4.78, 5) is 0. The third-order valence-electron chi connectivity index (χ3n) is 6.12. The fourth-order valence-corrected chi connectivity index (χ4v) is 3.96. The first-order valence-corrected chi connectivity index (χ1v) is 11.6. The Hall–Kier alpha value is -2.80. The van der Waals surface area contributed by atoms with Gasteiger partial charge in [-0.3, -0.25) is 0 Å². The summed E-state index contributed by atoms with van der Waals surface area (Å²) in [6, 6.07) is 16.8. The molecule has 0 saturated carbocycles. The number of fused-ring (bicyclic) bond motifs is 1. The number of aryl methyl sites for hydroxylation is 1. The molecule has 3 heterocycles. The highest BCUT2D eigenvalue weighted by Crippen LogP contribution is 2.47. The van der Waals surface area contributed by atoms with E-state index < -0.39 is 0 Å². The molecule has 3 fully saturated rings. The van der Waals surface area contributed by atoms with Crippen molar-refractivity contribution in [1.29, 1.82) is 0 Å². The highest BCUT2D eigenvalue weighted by Gasteiger charge is 2.31. The molecule has 3 atom stereocenters. The normalized spacial score (nSPS) is 22.8. The van der Waals surface area contributed by atoms with Crippen LogP contribution >= 0.6 is 0 Å². The van der Waals surface area contributed by atoms with Crippen molar-refractivity contribution < 1.29 is 28.4 Å². The molecule has 6 rings (SSSR count). The lowest BCUT2D eigenvalue weighted by atomic mass is 9.96. The molecule has 0 radical (unpaired) electrons. The number of hydrogen-bond acceptors (Lipinski definition) is 6. The van der Waals surface area contributed by atoms with E-state index in [-0.39, 0.29) is 18.3 Å². The highest BCUT2D eigenvalue weighted by molar-refractivity contribution is 5.97.